The lowest BCUT2D eigenvalue weighted by molar-refractivity contribution is -0.128. The van der Waals surface area contributed by atoms with E-state index in [1.165, 1.54) is 11.8 Å². The Labute approximate surface area is 175 Å². The van der Waals surface area contributed by atoms with Crippen LogP contribution >= 0.6 is 15.9 Å². The molecule has 1 aliphatic heterocycles. The number of benzene rings is 2. The number of nitrogens with zero attached hydrogens (tertiary/aromatic N) is 2. The van der Waals surface area contributed by atoms with Crippen LogP contribution in [-0.4, -0.2) is 23.9 Å². The van der Waals surface area contributed by atoms with Crippen LogP contribution in [0, 0.1) is 24.2 Å². The van der Waals surface area contributed by atoms with Crippen molar-refractivity contribution in [3.63, 3.8) is 0 Å². The Kier molecular flexibility index (Phi) is 6.89. The third-order valence-corrected chi connectivity index (χ3v) is 5.67. The number of carbonyl (C=O) groups excluding carboxylic acids is 1. The van der Waals surface area contributed by atoms with Crippen LogP contribution in [0.15, 0.2) is 64.8 Å². The molecule has 5 heteroatoms. The minimum atomic E-state index is -0.192. The van der Waals surface area contributed by atoms with E-state index in [0.717, 1.165) is 35.0 Å². The van der Waals surface area contributed by atoms with Gasteiger partial charge in [0.25, 0.3) is 5.91 Å². The first-order valence-corrected chi connectivity index (χ1v) is 10.3. The molecule has 0 spiro atoms. The summed E-state index contributed by atoms with van der Waals surface area (Å²) >= 11 is 3.43. The minimum Gasteiger partial charge on any atom is -0.360 e. The van der Waals surface area contributed by atoms with Gasteiger partial charge in [-0.05, 0) is 61.4 Å². The summed E-state index contributed by atoms with van der Waals surface area (Å²) < 4.78 is 0.995. The number of hydrogen-bond acceptors (Lipinski definition) is 3. The van der Waals surface area contributed by atoms with Crippen molar-refractivity contribution in [3.8, 4) is 6.07 Å². The molecule has 0 atom stereocenters. The fraction of sp³-hybridized carbons (Fsp3) is 0.304. The number of anilines is 1. The van der Waals surface area contributed by atoms with Crippen molar-refractivity contribution < 1.29 is 4.79 Å². The molecule has 144 valence electrons. The average Bonchev–Trinajstić information content (AvgIpc) is 2.71. The maximum Gasteiger partial charge on any atom is 0.266 e. The average molecular weight is 438 g/mol. The molecule has 1 fully saturated rings. The Morgan fingerprint density at radius 1 is 1.25 bits per heavy atom. The van der Waals surface area contributed by atoms with E-state index in [9.17, 15) is 10.1 Å². The van der Waals surface area contributed by atoms with Gasteiger partial charge in [0, 0.05) is 29.4 Å². The highest BCUT2D eigenvalue weighted by Crippen LogP contribution is 2.23. The van der Waals surface area contributed by atoms with Crippen molar-refractivity contribution in [2.45, 2.75) is 26.2 Å². The first-order chi connectivity index (χ1) is 13.6. The molecule has 0 aromatic heterocycles. The van der Waals surface area contributed by atoms with E-state index < -0.39 is 0 Å². The number of piperidine rings is 1. The molecule has 2 aromatic rings. The second kappa shape index (κ2) is 9.57. The first-order valence-electron chi connectivity index (χ1n) is 9.53. The summed E-state index contributed by atoms with van der Waals surface area (Å²) in [5.41, 5.74) is 3.41. The van der Waals surface area contributed by atoms with Crippen LogP contribution in [0.3, 0.4) is 0 Å². The van der Waals surface area contributed by atoms with E-state index in [1.807, 2.05) is 37.3 Å². The number of nitriles is 1. The van der Waals surface area contributed by atoms with Gasteiger partial charge in [0.05, 0.1) is 0 Å². The van der Waals surface area contributed by atoms with E-state index in [2.05, 4.69) is 45.5 Å². The van der Waals surface area contributed by atoms with Gasteiger partial charge in [0.2, 0.25) is 0 Å². The monoisotopic (exact) mass is 437 g/mol. The van der Waals surface area contributed by atoms with E-state index in [4.69, 9.17) is 0 Å². The third kappa shape index (κ3) is 5.24. The molecule has 1 amide bonds. The summed E-state index contributed by atoms with van der Waals surface area (Å²) in [6.07, 6.45) is 4.51. The van der Waals surface area contributed by atoms with Gasteiger partial charge >= 0.3 is 0 Å². The van der Waals surface area contributed by atoms with Gasteiger partial charge in [-0.2, -0.15) is 5.26 Å². The molecule has 0 aliphatic carbocycles. The maximum absolute atomic E-state index is 12.7. The summed E-state index contributed by atoms with van der Waals surface area (Å²) in [7, 11) is 0. The Balaban J connectivity index is 1.57. The molecule has 1 aliphatic rings. The largest absolute Gasteiger partial charge is 0.360 e. The van der Waals surface area contributed by atoms with Gasteiger partial charge in [0.1, 0.15) is 11.6 Å². The summed E-state index contributed by atoms with van der Waals surface area (Å²) in [5, 5.41) is 12.6. The standard InChI is InChI=1S/C23H24BrN3O/c1-17-13-21(24)7-8-22(17)26-16-20(15-25)23(28)27-11-9-19(10-12-27)14-18-5-3-2-4-6-18/h2-8,13,16,19,26H,9-12,14H2,1H3/b20-16-. The lowest BCUT2D eigenvalue weighted by Crippen LogP contribution is -2.39. The van der Waals surface area contributed by atoms with Gasteiger partial charge in [-0.1, -0.05) is 46.3 Å². The highest BCUT2D eigenvalue weighted by Gasteiger charge is 2.25. The number of halogens is 1. The molecule has 3 rings (SSSR count). The van der Waals surface area contributed by atoms with E-state index in [0.29, 0.717) is 19.0 Å². The number of carbonyl (C=O) groups is 1. The first kappa shape index (κ1) is 20.2. The van der Waals surface area contributed by atoms with Gasteiger partial charge in [-0.3, -0.25) is 4.79 Å². The molecule has 0 saturated carbocycles. The van der Waals surface area contributed by atoms with Crippen molar-refractivity contribution in [1.82, 2.24) is 4.90 Å². The molecule has 4 nitrogen and oxygen atoms in total. The van der Waals surface area contributed by atoms with Crippen molar-refractivity contribution in [2.24, 2.45) is 5.92 Å². The van der Waals surface area contributed by atoms with Crippen molar-refractivity contribution >= 4 is 27.5 Å². The van der Waals surface area contributed by atoms with E-state index >= 15 is 0 Å². The zero-order valence-electron chi connectivity index (χ0n) is 16.0. The molecule has 1 heterocycles. The lowest BCUT2D eigenvalue weighted by Gasteiger charge is -2.32. The number of likely N-dealkylation sites (tertiary alicyclic amines) is 1. The number of amides is 1. The second-order valence-electron chi connectivity index (χ2n) is 7.20. The van der Waals surface area contributed by atoms with E-state index in [-0.39, 0.29) is 11.5 Å². The normalized spacial score (nSPS) is 15.2. The van der Waals surface area contributed by atoms with Crippen molar-refractivity contribution in [2.75, 3.05) is 18.4 Å². The highest BCUT2D eigenvalue weighted by atomic mass is 79.9. The maximum atomic E-state index is 12.7. The van der Waals surface area contributed by atoms with Gasteiger partial charge in [0.15, 0.2) is 0 Å². The predicted molar refractivity (Wildman–Crippen MR) is 116 cm³/mol. The summed E-state index contributed by atoms with van der Waals surface area (Å²) in [6, 6.07) is 18.4. The quantitative estimate of drug-likeness (QED) is 0.525. The van der Waals surface area contributed by atoms with Crippen LogP contribution in [-0.2, 0) is 11.2 Å². The molecule has 2 aromatic carbocycles. The summed E-state index contributed by atoms with van der Waals surface area (Å²) in [4.78, 5) is 14.5. The fourth-order valence-electron chi connectivity index (χ4n) is 3.54. The van der Waals surface area contributed by atoms with Crippen LogP contribution in [0.1, 0.15) is 24.0 Å². The Morgan fingerprint density at radius 3 is 2.61 bits per heavy atom. The van der Waals surface area contributed by atoms with Gasteiger partial charge < -0.3 is 10.2 Å². The topological polar surface area (TPSA) is 56.1 Å². The zero-order valence-corrected chi connectivity index (χ0v) is 17.6. The molecule has 0 bridgehead atoms. The van der Waals surface area contributed by atoms with Crippen LogP contribution < -0.4 is 5.32 Å². The Bertz CT molecular complexity index is 894. The summed E-state index contributed by atoms with van der Waals surface area (Å²) in [6.45, 7) is 3.38. The summed E-state index contributed by atoms with van der Waals surface area (Å²) in [5.74, 6) is 0.396. The molecule has 0 radical (unpaired) electrons. The number of aryl methyl sites for hydroxylation is 1. The van der Waals surface area contributed by atoms with Crippen molar-refractivity contribution in [3.05, 3.63) is 75.9 Å². The fourth-order valence-corrected chi connectivity index (χ4v) is 4.01. The highest BCUT2D eigenvalue weighted by molar-refractivity contribution is 9.10. The van der Waals surface area contributed by atoms with Crippen LogP contribution in [0.2, 0.25) is 0 Å². The van der Waals surface area contributed by atoms with Crippen molar-refractivity contribution in [1.29, 1.82) is 5.26 Å². The zero-order chi connectivity index (χ0) is 19.9. The van der Waals surface area contributed by atoms with Crippen LogP contribution in [0.4, 0.5) is 5.69 Å². The van der Waals surface area contributed by atoms with E-state index in [1.54, 1.807) is 4.90 Å². The number of hydrogen-bond donors (Lipinski definition) is 1. The molecule has 1 N–H and O–H groups in total. The van der Waals surface area contributed by atoms with Crippen LogP contribution in [0.5, 0.6) is 0 Å². The van der Waals surface area contributed by atoms with Gasteiger partial charge in [-0.15, -0.1) is 0 Å². The van der Waals surface area contributed by atoms with Gasteiger partial charge in [-0.25, -0.2) is 0 Å². The predicted octanol–water partition coefficient (Wildman–Crippen LogP) is 5.06. The smallest absolute Gasteiger partial charge is 0.266 e. The second-order valence-corrected chi connectivity index (χ2v) is 8.11. The number of rotatable bonds is 5. The Hall–Kier alpha value is -2.58. The molecule has 0 unspecified atom stereocenters. The minimum absolute atomic E-state index is 0.142. The molecular formula is C23H24BrN3O. The number of nitrogens with one attached hydrogen (secondary N) is 1. The SMILES string of the molecule is Cc1cc(Br)ccc1N/C=C(/C#N)C(=O)N1CCC(Cc2ccccc2)CC1. The molecular weight excluding hydrogens is 414 g/mol. The lowest BCUT2D eigenvalue weighted by atomic mass is 9.90. The molecule has 28 heavy (non-hydrogen) atoms. The third-order valence-electron chi connectivity index (χ3n) is 5.18. The molecule has 1 saturated heterocycles. The van der Waals surface area contributed by atoms with Crippen LogP contribution in [0.25, 0.3) is 0 Å². The Morgan fingerprint density at radius 2 is 1.96 bits per heavy atom.